The highest BCUT2D eigenvalue weighted by atomic mass is 16.5. The molecule has 2 aromatic rings. The molecule has 1 fully saturated rings. The highest BCUT2D eigenvalue weighted by Gasteiger charge is 2.35. The highest BCUT2D eigenvalue weighted by molar-refractivity contribution is 5.97. The van der Waals surface area contributed by atoms with Crippen LogP contribution in [0.4, 0.5) is 10.5 Å². The fraction of sp³-hybridized carbons (Fsp3) is 0.571. The number of carbonyl (C=O) groups excluding carboxylic acids is 2. The molecule has 0 bridgehead atoms. The Kier molecular flexibility index (Phi) is 8.57. The summed E-state index contributed by atoms with van der Waals surface area (Å²) in [6.45, 7) is 7.68. The quantitative estimate of drug-likeness (QED) is 0.574. The maximum Gasteiger partial charge on any atom is 0.321 e. The second kappa shape index (κ2) is 11.9. The van der Waals surface area contributed by atoms with Gasteiger partial charge in [-0.15, -0.1) is 0 Å². The van der Waals surface area contributed by atoms with Crippen LogP contribution in [0, 0.1) is 37.5 Å². The number of ether oxygens (including phenoxy) is 1. The first-order chi connectivity index (χ1) is 18.2. The van der Waals surface area contributed by atoms with Gasteiger partial charge in [0.1, 0.15) is 23.0 Å². The van der Waals surface area contributed by atoms with Gasteiger partial charge < -0.3 is 29.5 Å². The summed E-state index contributed by atoms with van der Waals surface area (Å²) in [6.07, 6.45) is 5.78. The number of rotatable bonds is 5. The molecular weight excluding hydrogens is 486 g/mol. The third-order valence-corrected chi connectivity index (χ3v) is 7.36. The molecule has 1 saturated carbocycles. The summed E-state index contributed by atoms with van der Waals surface area (Å²) in [6, 6.07) is 0.995. The second-order valence-electron chi connectivity index (χ2n) is 10.5. The summed E-state index contributed by atoms with van der Waals surface area (Å²) in [4.78, 5) is 34.2. The van der Waals surface area contributed by atoms with Crippen molar-refractivity contribution in [3.63, 3.8) is 0 Å². The Morgan fingerprint density at radius 1 is 1.34 bits per heavy atom. The van der Waals surface area contributed by atoms with Crippen molar-refractivity contribution in [1.29, 1.82) is 0 Å². The van der Waals surface area contributed by atoms with E-state index in [2.05, 4.69) is 27.3 Å². The van der Waals surface area contributed by atoms with Crippen LogP contribution in [0.5, 0.6) is 5.88 Å². The summed E-state index contributed by atoms with van der Waals surface area (Å²) in [5, 5.41) is 16.6. The molecule has 2 aromatic heterocycles. The average Bonchev–Trinajstić information content (AvgIpc) is 3.54. The molecule has 4 rings (SSSR count). The van der Waals surface area contributed by atoms with E-state index in [9.17, 15) is 14.7 Å². The third-order valence-electron chi connectivity index (χ3n) is 7.36. The van der Waals surface area contributed by atoms with Crippen molar-refractivity contribution < 1.29 is 24.0 Å². The van der Waals surface area contributed by atoms with Gasteiger partial charge in [-0.25, -0.2) is 9.78 Å². The number of likely N-dealkylation sites (N-methyl/N-ethyl adjacent to an activating group) is 1. The molecule has 3 atom stereocenters. The summed E-state index contributed by atoms with van der Waals surface area (Å²) >= 11 is 0. The maximum absolute atomic E-state index is 13.6. The first kappa shape index (κ1) is 27.5. The molecule has 3 heterocycles. The van der Waals surface area contributed by atoms with Gasteiger partial charge in [0.2, 0.25) is 5.88 Å². The summed E-state index contributed by atoms with van der Waals surface area (Å²) in [5.41, 5.74) is 2.10. The smallest absolute Gasteiger partial charge is 0.321 e. The van der Waals surface area contributed by atoms with Crippen LogP contribution in [-0.2, 0) is 0 Å². The minimum atomic E-state index is -0.460. The Bertz CT molecular complexity index is 1210. The number of carbonyl (C=O) groups is 2. The molecule has 38 heavy (non-hydrogen) atoms. The van der Waals surface area contributed by atoms with Gasteiger partial charge in [0, 0.05) is 37.2 Å². The summed E-state index contributed by atoms with van der Waals surface area (Å²) < 4.78 is 11.4. The van der Waals surface area contributed by atoms with E-state index in [1.165, 1.54) is 17.7 Å². The Labute approximate surface area is 223 Å². The molecule has 10 nitrogen and oxygen atoms in total. The van der Waals surface area contributed by atoms with E-state index >= 15 is 0 Å². The number of urea groups is 1. The van der Waals surface area contributed by atoms with Crippen molar-refractivity contribution in [3.05, 3.63) is 34.8 Å². The van der Waals surface area contributed by atoms with Crippen LogP contribution < -0.4 is 10.1 Å². The number of pyridine rings is 1. The standard InChI is InChI=1S/C28H37N5O5/c1-17-14-33(18(2)16-34)27(35)23-12-22(11-10-21-8-6-7-9-21)13-29-26(23)37-24(17)15-32(5)28(36)30-25-19(3)31-38-20(25)4/h12-13,17-18,21,24,34H,6-9,14-16H2,1-5H3,(H,30,36)/t17-,18+,24+/m1/s1. The van der Waals surface area contributed by atoms with E-state index in [1.54, 1.807) is 38.1 Å². The highest BCUT2D eigenvalue weighted by Crippen LogP contribution is 2.28. The van der Waals surface area contributed by atoms with Gasteiger partial charge in [0.05, 0.1) is 19.2 Å². The third kappa shape index (κ3) is 6.10. The number of aliphatic hydroxyl groups is 1. The zero-order valence-corrected chi connectivity index (χ0v) is 22.8. The van der Waals surface area contributed by atoms with Gasteiger partial charge in [0.25, 0.3) is 5.91 Å². The molecule has 0 unspecified atom stereocenters. The molecule has 0 spiro atoms. The van der Waals surface area contributed by atoms with Crippen molar-refractivity contribution in [3.8, 4) is 17.7 Å². The number of hydrogen-bond acceptors (Lipinski definition) is 7. The SMILES string of the molecule is Cc1noc(C)c1NC(=O)N(C)C[C@@H]1Oc2ncc(C#CC3CCCC3)cc2C(=O)N([C@@H](C)CO)C[C@H]1C. The number of hydrogen-bond donors (Lipinski definition) is 2. The first-order valence-electron chi connectivity index (χ1n) is 13.2. The number of fused-ring (bicyclic) bond motifs is 1. The second-order valence-corrected chi connectivity index (χ2v) is 10.5. The zero-order chi connectivity index (χ0) is 27.4. The number of amides is 3. The maximum atomic E-state index is 13.6. The number of nitrogens with one attached hydrogen (secondary N) is 1. The molecule has 1 aliphatic carbocycles. The molecule has 0 radical (unpaired) electrons. The van der Waals surface area contributed by atoms with Gasteiger partial charge in [-0.2, -0.15) is 0 Å². The van der Waals surface area contributed by atoms with Gasteiger partial charge in [-0.05, 0) is 39.7 Å². The molecule has 0 saturated heterocycles. The number of aromatic nitrogens is 2. The van der Waals surface area contributed by atoms with Gasteiger partial charge in [-0.3, -0.25) is 4.79 Å². The van der Waals surface area contributed by atoms with Crippen LogP contribution in [0.15, 0.2) is 16.8 Å². The van der Waals surface area contributed by atoms with Crippen LogP contribution in [0.25, 0.3) is 0 Å². The van der Waals surface area contributed by atoms with Crippen molar-refractivity contribution in [2.24, 2.45) is 11.8 Å². The minimum Gasteiger partial charge on any atom is -0.472 e. The summed E-state index contributed by atoms with van der Waals surface area (Å²) in [5.74, 6) is 7.20. The summed E-state index contributed by atoms with van der Waals surface area (Å²) in [7, 11) is 1.68. The number of aryl methyl sites for hydroxylation is 2. The topological polar surface area (TPSA) is 121 Å². The molecule has 2 N–H and O–H groups in total. The van der Waals surface area contributed by atoms with E-state index < -0.39 is 12.1 Å². The largest absolute Gasteiger partial charge is 0.472 e. The number of anilines is 1. The first-order valence-corrected chi connectivity index (χ1v) is 13.2. The van der Waals surface area contributed by atoms with E-state index in [1.807, 2.05) is 13.8 Å². The molecule has 3 amide bonds. The molecule has 10 heteroatoms. The van der Waals surface area contributed by atoms with E-state index in [4.69, 9.17) is 9.26 Å². The lowest BCUT2D eigenvalue weighted by atomic mass is 10.00. The lowest BCUT2D eigenvalue weighted by Gasteiger charge is -2.37. The van der Waals surface area contributed by atoms with Crippen LogP contribution in [0.3, 0.4) is 0 Å². The van der Waals surface area contributed by atoms with E-state index in [0.29, 0.717) is 40.7 Å². The zero-order valence-electron chi connectivity index (χ0n) is 22.8. The fourth-order valence-electron chi connectivity index (χ4n) is 4.86. The lowest BCUT2D eigenvalue weighted by molar-refractivity contribution is 0.0356. The Balaban J connectivity index is 1.59. The normalized spacial score (nSPS) is 20.5. The predicted octanol–water partition coefficient (Wildman–Crippen LogP) is 3.61. The average molecular weight is 524 g/mol. The van der Waals surface area contributed by atoms with Crippen molar-refractivity contribution >= 4 is 17.6 Å². The Hall–Kier alpha value is -3.58. The fourth-order valence-corrected chi connectivity index (χ4v) is 4.86. The Morgan fingerprint density at radius 2 is 2.08 bits per heavy atom. The number of aliphatic hydroxyl groups excluding tert-OH is 1. The van der Waals surface area contributed by atoms with Gasteiger partial charge >= 0.3 is 6.03 Å². The Morgan fingerprint density at radius 3 is 2.74 bits per heavy atom. The van der Waals surface area contributed by atoms with Crippen LogP contribution in [0.1, 0.15) is 66.9 Å². The van der Waals surface area contributed by atoms with E-state index in [-0.39, 0.29) is 36.9 Å². The predicted molar refractivity (Wildman–Crippen MR) is 142 cm³/mol. The van der Waals surface area contributed by atoms with Gasteiger partial charge in [-0.1, -0.05) is 36.8 Å². The molecule has 1 aliphatic heterocycles. The molecule has 2 aliphatic rings. The van der Waals surface area contributed by atoms with Gasteiger partial charge in [0.15, 0.2) is 5.76 Å². The lowest BCUT2D eigenvalue weighted by Crippen LogP contribution is -2.50. The number of nitrogens with zero attached hydrogens (tertiary/aromatic N) is 4. The van der Waals surface area contributed by atoms with Crippen LogP contribution >= 0.6 is 0 Å². The van der Waals surface area contributed by atoms with Crippen molar-refractivity contribution in [2.75, 3.05) is 32.1 Å². The minimum absolute atomic E-state index is 0.154. The molecule has 0 aromatic carbocycles. The molecule has 204 valence electrons. The monoisotopic (exact) mass is 523 g/mol. The van der Waals surface area contributed by atoms with Crippen LogP contribution in [-0.4, -0.2) is 75.9 Å². The van der Waals surface area contributed by atoms with Crippen molar-refractivity contribution in [1.82, 2.24) is 19.9 Å². The van der Waals surface area contributed by atoms with Crippen LogP contribution in [0.2, 0.25) is 0 Å². The molecular formula is C28H37N5O5. The van der Waals surface area contributed by atoms with E-state index in [0.717, 1.165) is 12.8 Å². The van der Waals surface area contributed by atoms with Crippen molar-refractivity contribution in [2.45, 2.75) is 65.5 Å².